The molecule has 1 atom stereocenters. The molecule has 0 bridgehead atoms. The third-order valence-corrected chi connectivity index (χ3v) is 6.16. The van der Waals surface area contributed by atoms with Crippen LogP contribution < -0.4 is 15.0 Å². The van der Waals surface area contributed by atoms with Crippen LogP contribution in [-0.4, -0.2) is 43.1 Å². The first-order valence-corrected chi connectivity index (χ1v) is 10.7. The van der Waals surface area contributed by atoms with Crippen LogP contribution >= 0.6 is 0 Å². The summed E-state index contributed by atoms with van der Waals surface area (Å²) in [4.78, 5) is 30.4. The molecule has 6 heteroatoms. The van der Waals surface area contributed by atoms with E-state index in [9.17, 15) is 9.59 Å². The van der Waals surface area contributed by atoms with Crippen molar-refractivity contribution in [1.29, 1.82) is 0 Å². The summed E-state index contributed by atoms with van der Waals surface area (Å²) >= 11 is 0. The van der Waals surface area contributed by atoms with Crippen molar-refractivity contribution in [3.63, 3.8) is 0 Å². The monoisotopic (exact) mass is 407 g/mol. The van der Waals surface area contributed by atoms with Gasteiger partial charge in [0.05, 0.1) is 18.4 Å². The number of methoxy groups -OCH3 is 1. The lowest BCUT2D eigenvalue weighted by atomic mass is 10.0. The van der Waals surface area contributed by atoms with Crippen LogP contribution in [0.3, 0.4) is 0 Å². The van der Waals surface area contributed by atoms with Gasteiger partial charge in [0.15, 0.2) is 0 Å². The van der Waals surface area contributed by atoms with E-state index in [4.69, 9.17) is 4.74 Å². The van der Waals surface area contributed by atoms with Crippen molar-refractivity contribution >= 4 is 23.2 Å². The number of amides is 2. The lowest BCUT2D eigenvalue weighted by molar-refractivity contribution is 0.0656. The van der Waals surface area contributed by atoms with Gasteiger partial charge in [-0.3, -0.25) is 9.59 Å². The van der Waals surface area contributed by atoms with E-state index in [1.54, 1.807) is 19.2 Å². The molecule has 2 heterocycles. The number of anilines is 2. The second-order valence-electron chi connectivity index (χ2n) is 7.98. The minimum atomic E-state index is -0.183. The SMILES string of the molecule is CCN1c2cc(C(=O)Nc3ccc(OC)cc3C)ccc2C(=O)N2CCCCCC21. The van der Waals surface area contributed by atoms with Crippen LogP contribution in [0, 0.1) is 6.92 Å². The van der Waals surface area contributed by atoms with E-state index >= 15 is 0 Å². The Morgan fingerprint density at radius 3 is 2.73 bits per heavy atom. The van der Waals surface area contributed by atoms with Crippen LogP contribution in [0.15, 0.2) is 36.4 Å². The number of benzene rings is 2. The fourth-order valence-corrected chi connectivity index (χ4v) is 4.54. The van der Waals surface area contributed by atoms with Gasteiger partial charge in [0.2, 0.25) is 0 Å². The number of ether oxygens (including phenoxy) is 1. The van der Waals surface area contributed by atoms with Crippen molar-refractivity contribution < 1.29 is 14.3 Å². The van der Waals surface area contributed by atoms with Crippen molar-refractivity contribution in [3.8, 4) is 5.75 Å². The Morgan fingerprint density at radius 2 is 2.00 bits per heavy atom. The lowest BCUT2D eigenvalue weighted by Crippen LogP contribution is -2.55. The molecule has 2 aliphatic heterocycles. The van der Waals surface area contributed by atoms with Crippen LogP contribution in [0.5, 0.6) is 5.75 Å². The Balaban J connectivity index is 1.64. The van der Waals surface area contributed by atoms with E-state index in [1.807, 2.05) is 36.1 Å². The zero-order valence-electron chi connectivity index (χ0n) is 17.9. The summed E-state index contributed by atoms with van der Waals surface area (Å²) in [6.45, 7) is 5.64. The number of hydrogen-bond acceptors (Lipinski definition) is 4. The Hall–Kier alpha value is -3.02. The minimum absolute atomic E-state index is 0.0829. The smallest absolute Gasteiger partial charge is 0.257 e. The number of hydrogen-bond donors (Lipinski definition) is 1. The molecular weight excluding hydrogens is 378 g/mol. The lowest BCUT2D eigenvalue weighted by Gasteiger charge is -2.44. The fourth-order valence-electron chi connectivity index (χ4n) is 4.54. The van der Waals surface area contributed by atoms with Gasteiger partial charge in [-0.1, -0.05) is 6.42 Å². The molecule has 2 amide bonds. The van der Waals surface area contributed by atoms with Crippen molar-refractivity contribution in [2.24, 2.45) is 0 Å². The second-order valence-corrected chi connectivity index (χ2v) is 7.98. The molecule has 4 rings (SSSR count). The summed E-state index contributed by atoms with van der Waals surface area (Å²) in [6, 6.07) is 11.0. The quantitative estimate of drug-likeness (QED) is 0.814. The number of carbonyl (C=O) groups excluding carboxylic acids is 2. The number of fused-ring (bicyclic) bond motifs is 2. The highest BCUT2D eigenvalue weighted by Crippen LogP contribution is 2.35. The van der Waals surface area contributed by atoms with Crippen LogP contribution in [0.4, 0.5) is 11.4 Å². The average molecular weight is 408 g/mol. The van der Waals surface area contributed by atoms with Crippen molar-refractivity contribution in [3.05, 3.63) is 53.1 Å². The first-order valence-electron chi connectivity index (χ1n) is 10.7. The van der Waals surface area contributed by atoms with E-state index in [2.05, 4.69) is 17.1 Å². The third kappa shape index (κ3) is 3.62. The zero-order valence-corrected chi connectivity index (χ0v) is 17.9. The van der Waals surface area contributed by atoms with E-state index in [-0.39, 0.29) is 18.0 Å². The molecule has 0 aromatic heterocycles. The van der Waals surface area contributed by atoms with Crippen molar-refractivity contribution in [1.82, 2.24) is 4.90 Å². The van der Waals surface area contributed by atoms with Gasteiger partial charge in [-0.15, -0.1) is 0 Å². The predicted octanol–water partition coefficient (Wildman–Crippen LogP) is 4.44. The molecular formula is C24H29N3O3. The molecule has 2 aromatic carbocycles. The van der Waals surface area contributed by atoms with Crippen LogP contribution in [0.2, 0.25) is 0 Å². The molecule has 6 nitrogen and oxygen atoms in total. The highest BCUT2D eigenvalue weighted by Gasteiger charge is 2.37. The minimum Gasteiger partial charge on any atom is -0.497 e. The standard InChI is InChI=1S/C24H29N3O3/c1-4-26-21-15-17(23(28)25-20-12-10-18(30-3)14-16(20)2)9-11-19(21)24(29)27-13-7-5-6-8-22(26)27/h9-12,14-15,22H,4-8,13H2,1-3H3,(H,25,28). The topological polar surface area (TPSA) is 61.9 Å². The van der Waals surface area contributed by atoms with Crippen LogP contribution in [-0.2, 0) is 0 Å². The normalized spacial score (nSPS) is 18.4. The van der Waals surface area contributed by atoms with E-state index in [0.29, 0.717) is 11.1 Å². The van der Waals surface area contributed by atoms with Gasteiger partial charge in [0, 0.05) is 24.3 Å². The van der Waals surface area contributed by atoms with Gasteiger partial charge in [0.1, 0.15) is 11.9 Å². The predicted molar refractivity (Wildman–Crippen MR) is 118 cm³/mol. The molecule has 1 fully saturated rings. The number of aryl methyl sites for hydroxylation is 1. The molecule has 2 aromatic rings. The molecule has 1 N–H and O–H groups in total. The van der Waals surface area contributed by atoms with Crippen LogP contribution in [0.1, 0.15) is 58.9 Å². The Kier molecular flexibility index (Phi) is 5.66. The fraction of sp³-hybridized carbons (Fsp3) is 0.417. The van der Waals surface area contributed by atoms with Crippen molar-refractivity contribution in [2.75, 3.05) is 30.4 Å². The summed E-state index contributed by atoms with van der Waals surface area (Å²) < 4.78 is 5.23. The summed E-state index contributed by atoms with van der Waals surface area (Å²) in [6.07, 6.45) is 4.39. The van der Waals surface area contributed by atoms with Crippen molar-refractivity contribution in [2.45, 2.75) is 45.7 Å². The average Bonchev–Trinajstić information content (AvgIpc) is 3.01. The van der Waals surface area contributed by atoms with Gasteiger partial charge in [-0.05, 0) is 75.1 Å². The molecule has 0 saturated carbocycles. The van der Waals surface area contributed by atoms with Gasteiger partial charge in [0.25, 0.3) is 11.8 Å². The highest BCUT2D eigenvalue weighted by atomic mass is 16.5. The van der Waals surface area contributed by atoms with E-state index in [1.165, 1.54) is 0 Å². The highest BCUT2D eigenvalue weighted by molar-refractivity contribution is 6.08. The third-order valence-electron chi connectivity index (χ3n) is 6.16. The Labute approximate surface area is 177 Å². The molecule has 1 saturated heterocycles. The van der Waals surface area contributed by atoms with Gasteiger partial charge >= 0.3 is 0 Å². The first-order chi connectivity index (χ1) is 14.5. The zero-order chi connectivity index (χ0) is 21.3. The number of rotatable bonds is 4. The Bertz CT molecular complexity index is 972. The maximum Gasteiger partial charge on any atom is 0.257 e. The van der Waals surface area contributed by atoms with Crippen LogP contribution in [0.25, 0.3) is 0 Å². The summed E-state index contributed by atoms with van der Waals surface area (Å²) in [5.74, 6) is 0.654. The first kappa shape index (κ1) is 20.3. The van der Waals surface area contributed by atoms with E-state index in [0.717, 1.165) is 61.5 Å². The van der Waals surface area contributed by atoms with Gasteiger partial charge in [-0.25, -0.2) is 0 Å². The van der Waals surface area contributed by atoms with Gasteiger partial charge < -0.3 is 19.9 Å². The molecule has 0 radical (unpaired) electrons. The molecule has 1 unspecified atom stereocenters. The maximum absolute atomic E-state index is 13.1. The number of nitrogens with one attached hydrogen (secondary N) is 1. The Morgan fingerprint density at radius 1 is 1.17 bits per heavy atom. The molecule has 0 aliphatic carbocycles. The number of nitrogens with zero attached hydrogens (tertiary/aromatic N) is 2. The second kappa shape index (κ2) is 8.38. The number of carbonyl (C=O) groups is 2. The largest absolute Gasteiger partial charge is 0.497 e. The summed E-state index contributed by atoms with van der Waals surface area (Å²) in [5, 5.41) is 2.99. The van der Waals surface area contributed by atoms with E-state index < -0.39 is 0 Å². The maximum atomic E-state index is 13.1. The molecule has 158 valence electrons. The molecule has 0 spiro atoms. The molecule has 2 aliphatic rings. The molecule has 30 heavy (non-hydrogen) atoms. The van der Waals surface area contributed by atoms with Gasteiger partial charge in [-0.2, -0.15) is 0 Å². The summed E-state index contributed by atoms with van der Waals surface area (Å²) in [5.41, 5.74) is 3.78. The summed E-state index contributed by atoms with van der Waals surface area (Å²) in [7, 11) is 1.62.